The highest BCUT2D eigenvalue weighted by Crippen LogP contribution is 2.50. The third kappa shape index (κ3) is 8.08. The van der Waals surface area contributed by atoms with Crippen molar-refractivity contribution in [2.24, 2.45) is 0 Å². The van der Waals surface area contributed by atoms with E-state index in [1.807, 2.05) is 36.4 Å². The highest BCUT2D eigenvalue weighted by atomic mass is 31.2. The smallest absolute Gasteiger partial charge is 0.346 e. The molecule has 2 rings (SSSR count). The highest BCUT2D eigenvalue weighted by Gasteiger charge is 2.29. The summed E-state index contributed by atoms with van der Waals surface area (Å²) in [5.74, 6) is -1.09. The molecule has 7 heteroatoms. The molecule has 1 unspecified atom stereocenters. The number of nitrogens with zero attached hydrogens (tertiary/aromatic N) is 1. The number of nitrogens with one attached hydrogen (secondary N) is 1. The third-order valence-electron chi connectivity index (χ3n) is 3.03. The summed E-state index contributed by atoms with van der Waals surface area (Å²) >= 11 is 0. The first-order valence-electron chi connectivity index (χ1n) is 7.74. The Balaban J connectivity index is 0.000000705. The highest BCUT2D eigenvalue weighted by molar-refractivity contribution is 7.52. The molecule has 0 saturated heterocycles. The summed E-state index contributed by atoms with van der Waals surface area (Å²) < 4.78 is 11.7. The minimum Gasteiger partial charge on any atom is -0.394 e. The molecule has 0 fully saturated rings. The lowest BCUT2D eigenvalue weighted by atomic mass is 10.1. The van der Waals surface area contributed by atoms with Gasteiger partial charge in [0.05, 0.1) is 11.6 Å². The lowest BCUT2D eigenvalue weighted by molar-refractivity contribution is 0.216. The molecule has 0 saturated carbocycles. The first-order valence-corrected chi connectivity index (χ1v) is 9.43. The van der Waals surface area contributed by atoms with Gasteiger partial charge in [0, 0.05) is 12.6 Å². The van der Waals surface area contributed by atoms with Gasteiger partial charge in [-0.15, -0.1) is 0 Å². The van der Waals surface area contributed by atoms with Crippen LogP contribution in [0.25, 0.3) is 0 Å². The quantitative estimate of drug-likeness (QED) is 0.608. The van der Waals surface area contributed by atoms with E-state index >= 15 is 0 Å². The summed E-state index contributed by atoms with van der Waals surface area (Å²) in [5.41, 5.74) is 1.84. The average molecular weight is 362 g/mol. The van der Waals surface area contributed by atoms with E-state index in [2.05, 4.69) is 5.32 Å². The molecule has 6 nitrogen and oxygen atoms in total. The zero-order chi connectivity index (χ0) is 18.9. The van der Waals surface area contributed by atoms with E-state index in [9.17, 15) is 14.4 Å². The molecule has 0 aliphatic rings. The van der Waals surface area contributed by atoms with Crippen LogP contribution in [-0.4, -0.2) is 21.0 Å². The van der Waals surface area contributed by atoms with Crippen molar-refractivity contribution in [3.63, 3.8) is 0 Å². The molecule has 0 bridgehead atoms. The van der Waals surface area contributed by atoms with E-state index in [4.69, 9.17) is 10.4 Å². The van der Waals surface area contributed by atoms with Crippen LogP contribution in [0.15, 0.2) is 54.6 Å². The number of rotatable bonds is 5. The van der Waals surface area contributed by atoms with Gasteiger partial charge in [0.15, 0.2) is 0 Å². The summed E-state index contributed by atoms with van der Waals surface area (Å²) in [7, 11) is -4.35. The van der Waals surface area contributed by atoms with Crippen LogP contribution in [0.3, 0.4) is 0 Å². The summed E-state index contributed by atoms with van der Waals surface area (Å²) in [6, 6.07) is 17.5. The molecule has 0 heterocycles. The second kappa shape index (κ2) is 10.1. The Bertz CT molecular complexity index is 718. The molecule has 0 aliphatic carbocycles. The van der Waals surface area contributed by atoms with Gasteiger partial charge in [-0.3, -0.25) is 9.88 Å². The van der Waals surface area contributed by atoms with Gasteiger partial charge < -0.3 is 14.9 Å². The summed E-state index contributed by atoms with van der Waals surface area (Å²) in [5, 5.41) is 19.7. The SMILES string of the molecule is CC(C)O.N#Cc1ccc(C(NCc2ccccc2)P(=O)(O)O)cc1. The van der Waals surface area contributed by atoms with Crippen LogP contribution in [0.2, 0.25) is 0 Å². The fourth-order valence-corrected chi connectivity index (χ4v) is 2.87. The van der Waals surface area contributed by atoms with Crippen LogP contribution in [0.5, 0.6) is 0 Å². The third-order valence-corrected chi connectivity index (χ3v) is 4.19. The fraction of sp³-hybridized carbons (Fsp3) is 0.278. The maximum absolute atomic E-state index is 11.7. The molecule has 4 N–H and O–H groups in total. The number of hydrogen-bond acceptors (Lipinski definition) is 4. The van der Waals surface area contributed by atoms with Crippen molar-refractivity contribution in [1.29, 1.82) is 5.26 Å². The van der Waals surface area contributed by atoms with E-state index in [0.717, 1.165) is 5.56 Å². The Hall–Kier alpha value is -2.00. The molecule has 2 aromatic rings. The normalized spacial score (nSPS) is 12.0. The molecule has 1 atom stereocenters. The molecular weight excluding hydrogens is 339 g/mol. The first kappa shape index (κ1) is 21.0. The number of aliphatic hydroxyl groups excluding tert-OH is 1. The van der Waals surface area contributed by atoms with E-state index in [-0.39, 0.29) is 6.10 Å². The number of aliphatic hydroxyl groups is 1. The molecule has 134 valence electrons. The summed E-state index contributed by atoms with van der Waals surface area (Å²) in [6.45, 7) is 3.79. The predicted octanol–water partition coefficient (Wildman–Crippen LogP) is 2.91. The van der Waals surface area contributed by atoms with Gasteiger partial charge in [0.1, 0.15) is 5.78 Å². The van der Waals surface area contributed by atoms with Crippen LogP contribution < -0.4 is 5.32 Å². The van der Waals surface area contributed by atoms with Crippen molar-refractivity contribution >= 4 is 7.60 Å². The molecule has 0 aliphatic heterocycles. The second-order valence-corrected chi connectivity index (χ2v) is 7.38. The first-order chi connectivity index (χ1) is 11.7. The Morgan fingerprint density at radius 1 is 1.08 bits per heavy atom. The molecule has 0 radical (unpaired) electrons. The Morgan fingerprint density at radius 3 is 2.04 bits per heavy atom. The van der Waals surface area contributed by atoms with Crippen LogP contribution in [0.1, 0.15) is 36.3 Å². The molecule has 25 heavy (non-hydrogen) atoms. The summed E-state index contributed by atoms with van der Waals surface area (Å²) in [6.07, 6.45) is -0.167. The average Bonchev–Trinajstić information content (AvgIpc) is 2.55. The van der Waals surface area contributed by atoms with Gasteiger partial charge in [-0.1, -0.05) is 42.5 Å². The Morgan fingerprint density at radius 2 is 1.60 bits per heavy atom. The molecular formula is C18H23N2O4P. The van der Waals surface area contributed by atoms with E-state index in [1.165, 1.54) is 0 Å². The van der Waals surface area contributed by atoms with Gasteiger partial charge >= 0.3 is 7.60 Å². The van der Waals surface area contributed by atoms with Crippen molar-refractivity contribution in [1.82, 2.24) is 5.32 Å². The van der Waals surface area contributed by atoms with E-state index in [0.29, 0.717) is 17.7 Å². The standard InChI is InChI=1S/C15H15N2O3P.C3H8O/c16-10-12-6-8-14(9-7-12)15(21(18,19)20)17-11-13-4-2-1-3-5-13;1-3(2)4/h1-9,15,17H,11H2,(H2,18,19,20);3-4H,1-2H3. The lowest BCUT2D eigenvalue weighted by Crippen LogP contribution is -2.21. The Kier molecular flexibility index (Phi) is 8.50. The molecule has 0 aromatic heterocycles. The van der Waals surface area contributed by atoms with Crippen LogP contribution >= 0.6 is 7.60 Å². The van der Waals surface area contributed by atoms with Gasteiger partial charge in [0.2, 0.25) is 0 Å². The maximum Gasteiger partial charge on any atom is 0.346 e. The largest absolute Gasteiger partial charge is 0.394 e. The fourth-order valence-electron chi connectivity index (χ4n) is 1.98. The Labute approximate surface area is 147 Å². The van der Waals surface area contributed by atoms with Gasteiger partial charge in [-0.2, -0.15) is 5.26 Å². The van der Waals surface area contributed by atoms with Crippen molar-refractivity contribution in [3.05, 3.63) is 71.3 Å². The zero-order valence-electron chi connectivity index (χ0n) is 14.2. The predicted molar refractivity (Wildman–Crippen MR) is 96.6 cm³/mol. The van der Waals surface area contributed by atoms with Gasteiger partial charge in [0.25, 0.3) is 0 Å². The topological polar surface area (TPSA) is 114 Å². The minimum absolute atomic E-state index is 0.167. The monoisotopic (exact) mass is 362 g/mol. The van der Waals surface area contributed by atoms with E-state index in [1.54, 1.807) is 38.1 Å². The number of nitriles is 1. The second-order valence-electron chi connectivity index (χ2n) is 5.69. The van der Waals surface area contributed by atoms with Crippen molar-refractivity contribution < 1.29 is 19.5 Å². The van der Waals surface area contributed by atoms with Crippen molar-refractivity contribution in [2.75, 3.05) is 0 Å². The molecule has 2 aromatic carbocycles. The van der Waals surface area contributed by atoms with Gasteiger partial charge in [-0.05, 0) is 37.1 Å². The summed E-state index contributed by atoms with van der Waals surface area (Å²) in [4.78, 5) is 19.0. The number of hydrogen-bond donors (Lipinski definition) is 4. The lowest BCUT2D eigenvalue weighted by Gasteiger charge is -2.20. The van der Waals surface area contributed by atoms with Crippen LogP contribution in [-0.2, 0) is 11.1 Å². The van der Waals surface area contributed by atoms with Crippen molar-refractivity contribution in [3.8, 4) is 6.07 Å². The van der Waals surface area contributed by atoms with Crippen molar-refractivity contribution in [2.45, 2.75) is 32.3 Å². The van der Waals surface area contributed by atoms with Crippen LogP contribution in [0, 0.1) is 11.3 Å². The molecule has 0 amide bonds. The van der Waals surface area contributed by atoms with Gasteiger partial charge in [-0.25, -0.2) is 0 Å². The van der Waals surface area contributed by atoms with Crippen LogP contribution in [0.4, 0.5) is 0 Å². The maximum atomic E-state index is 11.7. The number of benzene rings is 2. The van der Waals surface area contributed by atoms with E-state index < -0.39 is 13.4 Å². The molecule has 0 spiro atoms. The minimum atomic E-state index is -4.35. The zero-order valence-corrected chi connectivity index (χ0v) is 15.1.